The second kappa shape index (κ2) is 5.68. The summed E-state index contributed by atoms with van der Waals surface area (Å²) in [5.74, 6) is -0.360. The molecular formula is C11H15FO3. The Bertz CT molecular complexity index is 313. The second-order valence-electron chi connectivity index (χ2n) is 3.12. The van der Waals surface area contributed by atoms with Crippen molar-refractivity contribution in [1.29, 1.82) is 0 Å². The van der Waals surface area contributed by atoms with E-state index in [0.717, 1.165) is 0 Å². The van der Waals surface area contributed by atoms with Gasteiger partial charge in [0.15, 0.2) is 18.4 Å². The van der Waals surface area contributed by atoms with Crippen LogP contribution in [0.25, 0.3) is 0 Å². The van der Waals surface area contributed by atoms with Gasteiger partial charge in [0.05, 0.1) is 6.10 Å². The third-order valence-corrected chi connectivity index (χ3v) is 1.94. The highest BCUT2D eigenvalue weighted by Crippen LogP contribution is 2.21. The first kappa shape index (κ1) is 11.9. The van der Waals surface area contributed by atoms with E-state index >= 15 is 0 Å². The Hall–Kier alpha value is -1.13. The van der Waals surface area contributed by atoms with E-state index in [4.69, 9.17) is 9.47 Å². The number of benzene rings is 1. The lowest BCUT2D eigenvalue weighted by Gasteiger charge is -2.09. The molecule has 1 rings (SSSR count). The standard InChI is InChI=1S/C11H15FO3/c1-3-14-7-15-11-5-4-9(8(2)13)6-10(11)12/h4-6,8,13H,3,7H2,1-2H3/t8-/m1/s1. The van der Waals surface area contributed by atoms with Gasteiger partial charge in [0, 0.05) is 6.61 Å². The van der Waals surface area contributed by atoms with E-state index in [1.165, 1.54) is 12.1 Å². The Morgan fingerprint density at radius 1 is 1.47 bits per heavy atom. The average Bonchev–Trinajstić information content (AvgIpc) is 2.20. The fraction of sp³-hybridized carbons (Fsp3) is 0.455. The van der Waals surface area contributed by atoms with Gasteiger partial charge in [-0.25, -0.2) is 4.39 Å². The van der Waals surface area contributed by atoms with E-state index in [9.17, 15) is 9.50 Å². The average molecular weight is 214 g/mol. The van der Waals surface area contributed by atoms with Crippen LogP contribution in [0.3, 0.4) is 0 Å². The summed E-state index contributed by atoms with van der Waals surface area (Å²) in [5, 5.41) is 9.22. The first-order valence-electron chi connectivity index (χ1n) is 4.83. The molecule has 84 valence electrons. The van der Waals surface area contributed by atoms with Crippen LogP contribution in [0.15, 0.2) is 18.2 Å². The summed E-state index contributed by atoms with van der Waals surface area (Å²) in [7, 11) is 0. The molecule has 1 aromatic carbocycles. The Kier molecular flexibility index (Phi) is 4.52. The minimum atomic E-state index is -0.680. The molecule has 1 aromatic rings. The van der Waals surface area contributed by atoms with Crippen LogP contribution in [0.2, 0.25) is 0 Å². The van der Waals surface area contributed by atoms with Gasteiger partial charge in [0.1, 0.15) is 0 Å². The third-order valence-electron chi connectivity index (χ3n) is 1.94. The highest BCUT2D eigenvalue weighted by atomic mass is 19.1. The van der Waals surface area contributed by atoms with Crippen molar-refractivity contribution in [3.63, 3.8) is 0 Å². The molecule has 0 aliphatic rings. The lowest BCUT2D eigenvalue weighted by Crippen LogP contribution is -2.04. The maximum absolute atomic E-state index is 13.3. The molecule has 0 saturated carbocycles. The highest BCUT2D eigenvalue weighted by Gasteiger charge is 2.07. The maximum atomic E-state index is 13.3. The smallest absolute Gasteiger partial charge is 0.189 e. The van der Waals surface area contributed by atoms with Crippen molar-refractivity contribution in [1.82, 2.24) is 0 Å². The van der Waals surface area contributed by atoms with Crippen molar-refractivity contribution in [3.05, 3.63) is 29.6 Å². The number of rotatable bonds is 5. The minimum Gasteiger partial charge on any atom is -0.464 e. The molecule has 4 heteroatoms. The van der Waals surface area contributed by atoms with Gasteiger partial charge in [-0.15, -0.1) is 0 Å². The molecule has 0 unspecified atom stereocenters. The van der Waals surface area contributed by atoms with Crippen molar-refractivity contribution in [3.8, 4) is 5.75 Å². The Morgan fingerprint density at radius 2 is 2.20 bits per heavy atom. The SMILES string of the molecule is CCOCOc1ccc([C@@H](C)O)cc1F. The van der Waals surface area contributed by atoms with Gasteiger partial charge in [-0.3, -0.25) is 0 Å². The third kappa shape index (κ3) is 3.49. The van der Waals surface area contributed by atoms with E-state index in [-0.39, 0.29) is 12.5 Å². The molecule has 0 saturated heterocycles. The molecule has 1 N–H and O–H groups in total. The Balaban J connectivity index is 2.66. The zero-order valence-electron chi connectivity index (χ0n) is 8.87. The molecule has 0 fully saturated rings. The van der Waals surface area contributed by atoms with Gasteiger partial charge < -0.3 is 14.6 Å². The summed E-state index contributed by atoms with van der Waals surface area (Å²) in [5.41, 5.74) is 0.524. The summed E-state index contributed by atoms with van der Waals surface area (Å²) in [6, 6.07) is 4.36. The molecule has 0 heterocycles. The summed E-state index contributed by atoms with van der Waals surface area (Å²) >= 11 is 0. The van der Waals surface area contributed by atoms with Gasteiger partial charge in [-0.2, -0.15) is 0 Å². The van der Waals surface area contributed by atoms with E-state index < -0.39 is 11.9 Å². The lowest BCUT2D eigenvalue weighted by atomic mass is 10.1. The fourth-order valence-corrected chi connectivity index (χ4v) is 1.08. The van der Waals surface area contributed by atoms with Gasteiger partial charge in [-0.05, 0) is 31.5 Å². The topological polar surface area (TPSA) is 38.7 Å². The highest BCUT2D eigenvalue weighted by molar-refractivity contribution is 5.30. The number of aliphatic hydroxyl groups excluding tert-OH is 1. The largest absolute Gasteiger partial charge is 0.464 e. The van der Waals surface area contributed by atoms with Crippen molar-refractivity contribution in [2.24, 2.45) is 0 Å². The molecule has 0 radical (unpaired) electrons. The Labute approximate surface area is 88.4 Å². The van der Waals surface area contributed by atoms with Gasteiger partial charge >= 0.3 is 0 Å². The molecule has 0 aliphatic heterocycles. The number of ether oxygens (including phenoxy) is 2. The molecular weight excluding hydrogens is 199 g/mol. The van der Waals surface area contributed by atoms with Crippen molar-refractivity contribution in [2.45, 2.75) is 20.0 Å². The summed E-state index contributed by atoms with van der Waals surface area (Å²) in [6.45, 7) is 3.96. The van der Waals surface area contributed by atoms with Crippen LogP contribution in [0.4, 0.5) is 4.39 Å². The Morgan fingerprint density at radius 3 is 2.73 bits per heavy atom. The van der Waals surface area contributed by atoms with Crippen LogP contribution >= 0.6 is 0 Å². The predicted molar refractivity (Wildman–Crippen MR) is 54.2 cm³/mol. The second-order valence-corrected chi connectivity index (χ2v) is 3.12. The van der Waals surface area contributed by atoms with Gasteiger partial charge in [0.25, 0.3) is 0 Å². The van der Waals surface area contributed by atoms with E-state index in [0.29, 0.717) is 12.2 Å². The molecule has 0 aromatic heterocycles. The summed E-state index contributed by atoms with van der Waals surface area (Å²) in [4.78, 5) is 0. The predicted octanol–water partition coefficient (Wildman–Crippen LogP) is 2.25. The van der Waals surface area contributed by atoms with Gasteiger partial charge in [-0.1, -0.05) is 6.07 Å². The van der Waals surface area contributed by atoms with Crippen LogP contribution in [-0.4, -0.2) is 18.5 Å². The van der Waals surface area contributed by atoms with E-state index in [1.54, 1.807) is 13.0 Å². The molecule has 0 aliphatic carbocycles. The van der Waals surface area contributed by atoms with Crippen molar-refractivity contribution < 1.29 is 19.0 Å². The molecule has 3 nitrogen and oxygen atoms in total. The van der Waals surface area contributed by atoms with Crippen molar-refractivity contribution >= 4 is 0 Å². The normalized spacial score (nSPS) is 12.5. The van der Waals surface area contributed by atoms with E-state index in [2.05, 4.69) is 0 Å². The zero-order valence-corrected chi connectivity index (χ0v) is 8.87. The van der Waals surface area contributed by atoms with Crippen LogP contribution in [0.1, 0.15) is 25.5 Å². The zero-order chi connectivity index (χ0) is 11.3. The lowest BCUT2D eigenvalue weighted by molar-refractivity contribution is 0.0201. The number of hydrogen-bond donors (Lipinski definition) is 1. The first-order valence-corrected chi connectivity index (χ1v) is 4.83. The van der Waals surface area contributed by atoms with Crippen LogP contribution in [0, 0.1) is 5.82 Å². The monoisotopic (exact) mass is 214 g/mol. The quantitative estimate of drug-likeness (QED) is 0.603. The van der Waals surface area contributed by atoms with Crippen LogP contribution < -0.4 is 4.74 Å². The van der Waals surface area contributed by atoms with Crippen molar-refractivity contribution in [2.75, 3.05) is 13.4 Å². The minimum absolute atomic E-state index is 0.0292. The molecule has 0 bridgehead atoms. The van der Waals surface area contributed by atoms with E-state index in [1.807, 2.05) is 6.92 Å². The molecule has 0 amide bonds. The number of halogens is 1. The first-order chi connectivity index (χ1) is 7.15. The van der Waals surface area contributed by atoms with Crippen LogP contribution in [0.5, 0.6) is 5.75 Å². The summed E-state index contributed by atoms with van der Waals surface area (Å²) < 4.78 is 23.3. The summed E-state index contributed by atoms with van der Waals surface area (Å²) in [6.07, 6.45) is -0.680. The van der Waals surface area contributed by atoms with Crippen LogP contribution in [-0.2, 0) is 4.74 Å². The number of hydrogen-bond acceptors (Lipinski definition) is 3. The molecule has 15 heavy (non-hydrogen) atoms. The number of aliphatic hydroxyl groups is 1. The fourth-order valence-electron chi connectivity index (χ4n) is 1.08. The molecule has 1 atom stereocenters. The van der Waals surface area contributed by atoms with Gasteiger partial charge in [0.2, 0.25) is 0 Å². The molecule has 0 spiro atoms. The maximum Gasteiger partial charge on any atom is 0.189 e.